The van der Waals surface area contributed by atoms with Crippen molar-refractivity contribution < 1.29 is 24.5 Å². The second kappa shape index (κ2) is 6.83. The van der Waals surface area contributed by atoms with Crippen molar-refractivity contribution in [2.24, 2.45) is 0 Å². The lowest BCUT2D eigenvalue weighted by Gasteiger charge is -2.13. The largest absolute Gasteiger partial charge is 0.508 e. The highest BCUT2D eigenvalue weighted by Crippen LogP contribution is 2.36. The number of hydrogen-bond acceptors (Lipinski definition) is 6. The van der Waals surface area contributed by atoms with Gasteiger partial charge in [-0.2, -0.15) is 0 Å². The molecule has 0 aliphatic rings. The lowest BCUT2D eigenvalue weighted by atomic mass is 9.95. The summed E-state index contributed by atoms with van der Waals surface area (Å²) >= 11 is 0. The molecule has 0 amide bonds. The Hall–Kier alpha value is -3.02. The summed E-state index contributed by atoms with van der Waals surface area (Å²) in [6.07, 6.45) is -0.0975. The maximum atomic E-state index is 11.6. The second-order valence-corrected chi connectivity index (χ2v) is 4.87. The Morgan fingerprint density at radius 3 is 2.52 bits per heavy atom. The molecule has 0 bridgehead atoms. The van der Waals surface area contributed by atoms with Crippen LogP contribution in [0.5, 0.6) is 11.5 Å². The summed E-state index contributed by atoms with van der Waals surface area (Å²) in [6.45, 7) is 0. The topological polar surface area (TPSA) is 99.8 Å². The van der Waals surface area contributed by atoms with Crippen LogP contribution in [0.25, 0.3) is 11.1 Å². The minimum absolute atomic E-state index is 0.0142. The maximum Gasteiger partial charge on any atom is 0.310 e. The minimum atomic E-state index is -0.489. The Morgan fingerprint density at radius 1 is 1.13 bits per heavy atom. The number of methoxy groups -OCH3 is 2. The van der Waals surface area contributed by atoms with Crippen molar-refractivity contribution in [3.63, 3.8) is 0 Å². The molecule has 0 saturated heterocycles. The van der Waals surface area contributed by atoms with Gasteiger partial charge < -0.3 is 19.7 Å². The second-order valence-electron chi connectivity index (χ2n) is 4.87. The van der Waals surface area contributed by atoms with E-state index in [-0.39, 0.29) is 23.8 Å². The van der Waals surface area contributed by atoms with Crippen LogP contribution in [0.2, 0.25) is 0 Å². The van der Waals surface area contributed by atoms with Crippen LogP contribution in [0.3, 0.4) is 0 Å². The lowest BCUT2D eigenvalue weighted by Crippen LogP contribution is -2.06. The smallest absolute Gasteiger partial charge is 0.310 e. The first-order chi connectivity index (χ1) is 11.0. The predicted octanol–water partition coefficient (Wildman–Crippen LogP) is 2.45. The SMILES string of the molecule is COC(=N)c1cccc(-c2c(O)cc(O)cc2CC(=O)OC)c1. The summed E-state index contributed by atoms with van der Waals surface area (Å²) in [5, 5.41) is 27.6. The Kier molecular flexibility index (Phi) is 4.85. The van der Waals surface area contributed by atoms with Gasteiger partial charge in [-0.05, 0) is 29.3 Å². The number of benzene rings is 2. The normalized spacial score (nSPS) is 10.2. The van der Waals surface area contributed by atoms with E-state index in [4.69, 9.17) is 10.1 Å². The summed E-state index contributed by atoms with van der Waals surface area (Å²) < 4.78 is 9.54. The van der Waals surface area contributed by atoms with Gasteiger partial charge in [0.2, 0.25) is 5.90 Å². The number of nitrogens with one attached hydrogen (secondary N) is 1. The van der Waals surface area contributed by atoms with Crippen molar-refractivity contribution in [2.45, 2.75) is 6.42 Å². The number of hydrogen-bond donors (Lipinski definition) is 3. The van der Waals surface area contributed by atoms with Crippen LogP contribution in [0.4, 0.5) is 0 Å². The van der Waals surface area contributed by atoms with Crippen molar-refractivity contribution in [3.8, 4) is 22.6 Å². The van der Waals surface area contributed by atoms with E-state index in [9.17, 15) is 15.0 Å². The summed E-state index contributed by atoms with van der Waals surface area (Å²) in [5.41, 5.74) is 1.96. The Balaban J connectivity index is 2.58. The number of aromatic hydroxyl groups is 2. The molecule has 23 heavy (non-hydrogen) atoms. The molecule has 6 heteroatoms. The van der Waals surface area contributed by atoms with Gasteiger partial charge in [0.05, 0.1) is 20.6 Å². The number of phenolic OH excluding ortho intramolecular Hbond substituents is 2. The fourth-order valence-electron chi connectivity index (χ4n) is 2.30. The van der Waals surface area contributed by atoms with Crippen LogP contribution < -0.4 is 0 Å². The predicted molar refractivity (Wildman–Crippen MR) is 84.8 cm³/mol. The number of phenols is 2. The average Bonchev–Trinajstić information content (AvgIpc) is 2.53. The first kappa shape index (κ1) is 16.4. The van der Waals surface area contributed by atoms with Crippen molar-refractivity contribution in [1.82, 2.24) is 0 Å². The van der Waals surface area contributed by atoms with Gasteiger partial charge in [0.1, 0.15) is 11.5 Å². The zero-order valence-electron chi connectivity index (χ0n) is 12.8. The monoisotopic (exact) mass is 315 g/mol. The van der Waals surface area contributed by atoms with E-state index in [2.05, 4.69) is 4.74 Å². The molecule has 0 fully saturated rings. The first-order valence-corrected chi connectivity index (χ1v) is 6.81. The van der Waals surface area contributed by atoms with Gasteiger partial charge in [0.25, 0.3) is 0 Å². The Morgan fingerprint density at radius 2 is 1.87 bits per heavy atom. The van der Waals surface area contributed by atoms with E-state index in [1.165, 1.54) is 26.4 Å². The van der Waals surface area contributed by atoms with Gasteiger partial charge in [-0.1, -0.05) is 12.1 Å². The molecule has 2 aromatic rings. The molecule has 0 aliphatic carbocycles. The van der Waals surface area contributed by atoms with E-state index >= 15 is 0 Å². The summed E-state index contributed by atoms with van der Waals surface area (Å²) in [6, 6.07) is 9.42. The molecule has 0 unspecified atom stereocenters. The molecule has 2 rings (SSSR count). The number of rotatable bonds is 4. The molecule has 0 atom stereocenters. The van der Waals surface area contributed by atoms with E-state index in [0.717, 1.165) is 0 Å². The molecule has 0 aromatic heterocycles. The highest BCUT2D eigenvalue weighted by molar-refractivity contribution is 5.93. The molecule has 0 aliphatic heterocycles. The van der Waals surface area contributed by atoms with Crippen molar-refractivity contribution in [3.05, 3.63) is 47.5 Å². The van der Waals surface area contributed by atoms with E-state index < -0.39 is 5.97 Å². The Bertz CT molecular complexity index is 755. The van der Waals surface area contributed by atoms with Crippen LogP contribution in [0.1, 0.15) is 11.1 Å². The van der Waals surface area contributed by atoms with Gasteiger partial charge in [0, 0.05) is 17.2 Å². The van der Waals surface area contributed by atoms with Crippen molar-refractivity contribution >= 4 is 11.9 Å². The number of carbonyl (C=O) groups excluding carboxylic acids is 1. The molecule has 0 spiro atoms. The number of esters is 1. The molecule has 6 nitrogen and oxygen atoms in total. The van der Waals surface area contributed by atoms with E-state index in [0.29, 0.717) is 22.3 Å². The lowest BCUT2D eigenvalue weighted by molar-refractivity contribution is -0.139. The van der Waals surface area contributed by atoms with Crippen LogP contribution in [0.15, 0.2) is 36.4 Å². The fourth-order valence-corrected chi connectivity index (χ4v) is 2.30. The molecular weight excluding hydrogens is 298 g/mol. The van der Waals surface area contributed by atoms with Gasteiger partial charge in [-0.25, -0.2) is 0 Å². The Labute approximate surface area is 133 Å². The third-order valence-electron chi connectivity index (χ3n) is 3.36. The number of carbonyl (C=O) groups is 1. The van der Waals surface area contributed by atoms with Gasteiger partial charge in [-0.15, -0.1) is 0 Å². The molecule has 2 aromatic carbocycles. The molecule has 120 valence electrons. The van der Waals surface area contributed by atoms with Crippen LogP contribution in [-0.2, 0) is 20.7 Å². The highest BCUT2D eigenvalue weighted by atomic mass is 16.5. The average molecular weight is 315 g/mol. The highest BCUT2D eigenvalue weighted by Gasteiger charge is 2.16. The molecule has 0 saturated carbocycles. The van der Waals surface area contributed by atoms with Crippen molar-refractivity contribution in [2.75, 3.05) is 14.2 Å². The van der Waals surface area contributed by atoms with Gasteiger partial charge >= 0.3 is 5.97 Å². The fraction of sp³-hybridized carbons (Fsp3) is 0.176. The zero-order chi connectivity index (χ0) is 17.0. The summed E-state index contributed by atoms with van der Waals surface area (Å²) in [7, 11) is 2.67. The summed E-state index contributed by atoms with van der Waals surface area (Å²) in [4.78, 5) is 11.6. The molecule has 0 radical (unpaired) electrons. The third kappa shape index (κ3) is 3.60. The van der Waals surface area contributed by atoms with E-state index in [1.54, 1.807) is 24.3 Å². The third-order valence-corrected chi connectivity index (χ3v) is 3.36. The molecular formula is C17H17NO5. The van der Waals surface area contributed by atoms with Crippen LogP contribution >= 0.6 is 0 Å². The van der Waals surface area contributed by atoms with Crippen molar-refractivity contribution in [1.29, 1.82) is 5.41 Å². The van der Waals surface area contributed by atoms with Crippen LogP contribution in [0, 0.1) is 5.41 Å². The van der Waals surface area contributed by atoms with Gasteiger partial charge in [-0.3, -0.25) is 10.2 Å². The molecule has 0 heterocycles. The minimum Gasteiger partial charge on any atom is -0.508 e. The van der Waals surface area contributed by atoms with Crippen LogP contribution in [-0.4, -0.2) is 36.3 Å². The maximum absolute atomic E-state index is 11.6. The number of ether oxygens (including phenoxy) is 2. The van der Waals surface area contributed by atoms with E-state index in [1.807, 2.05) is 0 Å². The standard InChI is InChI=1S/C17H17NO5/c1-22-15(21)8-12-7-13(19)9-14(20)16(12)10-4-3-5-11(6-10)17(18)23-2/h3-7,9,18-20H,8H2,1-2H3. The van der Waals surface area contributed by atoms with Gasteiger partial charge in [0.15, 0.2) is 0 Å². The summed E-state index contributed by atoms with van der Waals surface area (Å²) in [5.74, 6) is -0.812. The zero-order valence-corrected chi connectivity index (χ0v) is 12.8. The quantitative estimate of drug-likeness (QED) is 0.457. The molecule has 3 N–H and O–H groups in total. The first-order valence-electron chi connectivity index (χ1n) is 6.81.